The van der Waals surface area contributed by atoms with Crippen LogP contribution in [0.2, 0.25) is 0 Å². The number of nitrogens with one attached hydrogen (secondary N) is 2. The third kappa shape index (κ3) is 4.03. The number of esters is 2. The summed E-state index contributed by atoms with van der Waals surface area (Å²) in [5, 5.41) is 27.0. The highest BCUT2D eigenvalue weighted by Crippen LogP contribution is 2.54. The van der Waals surface area contributed by atoms with Crippen LogP contribution in [0, 0.1) is 23.7 Å². The number of alkyl halides is 1. The van der Waals surface area contributed by atoms with Gasteiger partial charge in [0.2, 0.25) is 22.9 Å². The summed E-state index contributed by atoms with van der Waals surface area (Å²) in [5.74, 6) is -2.33. The van der Waals surface area contributed by atoms with E-state index in [9.17, 15) is 29.4 Å². The van der Waals surface area contributed by atoms with Gasteiger partial charge in [0.05, 0.1) is 24.0 Å². The first-order valence-electron chi connectivity index (χ1n) is 14.8. The molecule has 4 fully saturated rings. The van der Waals surface area contributed by atoms with Crippen LogP contribution in [0.25, 0.3) is 0 Å². The first-order valence-corrected chi connectivity index (χ1v) is 15.3. The number of fused-ring (bicyclic) bond motifs is 2. The second-order valence-electron chi connectivity index (χ2n) is 12.5. The first-order chi connectivity index (χ1) is 19.4. The number of hydrogen-bond donors (Lipinski definition) is 4. The lowest BCUT2D eigenvalue weighted by molar-refractivity contribution is -0.239. The Balaban J connectivity index is 0.000000165. The molecule has 10 atom stereocenters. The predicted molar refractivity (Wildman–Crippen MR) is 148 cm³/mol. The van der Waals surface area contributed by atoms with E-state index in [0.29, 0.717) is 18.7 Å². The second-order valence-corrected chi connectivity index (χ2v) is 12.9. The zero-order chi connectivity index (χ0) is 29.8. The number of aliphatic hydroxyl groups excluding tert-OH is 2. The smallest absolute Gasteiger partial charge is 0.339 e. The summed E-state index contributed by atoms with van der Waals surface area (Å²) in [5.41, 5.74) is -4.54. The van der Waals surface area contributed by atoms with E-state index >= 15 is 0 Å². The van der Waals surface area contributed by atoms with Crippen molar-refractivity contribution in [1.82, 2.24) is 10.6 Å². The molecule has 6 aliphatic rings. The number of aliphatic hydroxyl groups is 2. The van der Waals surface area contributed by atoms with Crippen LogP contribution in [0.1, 0.15) is 72.1 Å². The molecule has 4 N–H and O–H groups in total. The average molecular weight is 593 g/mol. The second kappa shape index (κ2) is 10.7. The molecule has 4 aliphatic heterocycles. The Morgan fingerprint density at radius 1 is 0.854 bits per heavy atom. The maximum Gasteiger partial charge on any atom is 0.339 e. The Morgan fingerprint density at radius 2 is 1.29 bits per heavy atom. The molecule has 0 aromatic rings. The van der Waals surface area contributed by atoms with E-state index in [1.54, 1.807) is 13.8 Å². The molecule has 5 unspecified atom stereocenters. The summed E-state index contributed by atoms with van der Waals surface area (Å²) >= 11 is 5.76. The van der Waals surface area contributed by atoms with Crippen molar-refractivity contribution in [1.29, 1.82) is 0 Å². The standard InChI is InChI=1S/C15H20ClNO4.C15H21NO4/c1-14-10(7-8-16)12(19)17-15(14,13(20)21-14)11(18)9-5-3-2-4-6-9;1-3-10-12(18)16-15(13(19)20-14(10,15)2)11(17)9-7-5-4-6-8-9/h3,5,9-11,18H,2,4,6-8H2,1H3,(H,17,19);5,7,9-11,17H,3-4,6,8H2,1-2H3,(H,16,18)/t9-,10+,11+,14+,15+;/m1./s1. The topological polar surface area (TPSA) is 151 Å². The van der Waals surface area contributed by atoms with Gasteiger partial charge in [-0.15, -0.1) is 11.6 Å². The van der Waals surface area contributed by atoms with E-state index in [-0.39, 0.29) is 29.6 Å². The number of amides is 2. The van der Waals surface area contributed by atoms with Crippen LogP contribution in [0.5, 0.6) is 0 Å². The number of halogens is 1. The molecule has 0 aromatic heterocycles. The van der Waals surface area contributed by atoms with Crippen molar-refractivity contribution in [3.63, 3.8) is 0 Å². The van der Waals surface area contributed by atoms with Crippen molar-refractivity contribution in [2.75, 3.05) is 5.88 Å². The molecule has 10 nitrogen and oxygen atoms in total. The molecule has 0 aromatic carbocycles. The highest BCUT2D eigenvalue weighted by molar-refractivity contribution is 6.18. The Bertz CT molecular complexity index is 1180. The van der Waals surface area contributed by atoms with E-state index < -0.39 is 52.3 Å². The van der Waals surface area contributed by atoms with Gasteiger partial charge >= 0.3 is 11.9 Å². The van der Waals surface area contributed by atoms with E-state index in [1.807, 2.05) is 31.2 Å². The van der Waals surface area contributed by atoms with Crippen molar-refractivity contribution in [2.24, 2.45) is 23.7 Å². The third-order valence-corrected chi connectivity index (χ3v) is 10.7. The maximum atomic E-state index is 12.2. The van der Waals surface area contributed by atoms with Gasteiger partial charge in [-0.25, -0.2) is 9.59 Å². The minimum atomic E-state index is -1.33. The molecule has 4 saturated heterocycles. The molecule has 11 heteroatoms. The largest absolute Gasteiger partial charge is 0.453 e. The number of hydrogen-bond acceptors (Lipinski definition) is 8. The van der Waals surface area contributed by atoms with Crippen LogP contribution in [0.3, 0.4) is 0 Å². The lowest BCUT2D eigenvalue weighted by Crippen LogP contribution is -2.80. The predicted octanol–water partition coefficient (Wildman–Crippen LogP) is 2.05. The fourth-order valence-electron chi connectivity index (χ4n) is 8.04. The molecule has 0 spiro atoms. The van der Waals surface area contributed by atoms with E-state index in [1.165, 1.54) is 0 Å². The monoisotopic (exact) mass is 592 g/mol. The number of ether oxygens (including phenoxy) is 2. The van der Waals surface area contributed by atoms with Gasteiger partial charge in [-0.3, -0.25) is 9.59 Å². The molecular weight excluding hydrogens is 552 g/mol. The lowest BCUT2D eigenvalue weighted by Gasteiger charge is -2.54. The minimum absolute atomic E-state index is 0.105. The van der Waals surface area contributed by atoms with Crippen LogP contribution in [-0.4, -0.2) is 74.3 Å². The third-order valence-electron chi connectivity index (χ3n) is 10.5. The lowest BCUT2D eigenvalue weighted by atomic mass is 9.64. The zero-order valence-corrected chi connectivity index (χ0v) is 24.6. The van der Waals surface area contributed by atoms with Gasteiger partial charge in [-0.2, -0.15) is 0 Å². The molecule has 226 valence electrons. The quantitative estimate of drug-likeness (QED) is 0.199. The van der Waals surface area contributed by atoms with E-state index in [2.05, 4.69) is 10.6 Å². The van der Waals surface area contributed by atoms with Crippen molar-refractivity contribution >= 4 is 35.4 Å². The van der Waals surface area contributed by atoms with Crippen LogP contribution < -0.4 is 10.6 Å². The molecule has 2 aliphatic carbocycles. The number of rotatable bonds is 7. The summed E-state index contributed by atoms with van der Waals surface area (Å²) in [4.78, 5) is 48.6. The van der Waals surface area contributed by atoms with Crippen molar-refractivity contribution in [2.45, 2.75) is 107 Å². The molecule has 0 radical (unpaired) electrons. The molecule has 0 saturated carbocycles. The Labute approximate surface area is 245 Å². The van der Waals surface area contributed by atoms with Gasteiger partial charge in [-0.1, -0.05) is 31.2 Å². The van der Waals surface area contributed by atoms with Crippen LogP contribution in [0.15, 0.2) is 24.3 Å². The van der Waals surface area contributed by atoms with E-state index in [0.717, 1.165) is 38.5 Å². The van der Waals surface area contributed by atoms with Gasteiger partial charge in [-0.05, 0) is 65.2 Å². The zero-order valence-electron chi connectivity index (χ0n) is 23.9. The van der Waals surface area contributed by atoms with E-state index in [4.69, 9.17) is 21.1 Å². The Kier molecular flexibility index (Phi) is 7.83. The first kappa shape index (κ1) is 30.0. The SMILES string of the molecule is CCC1C(=O)NC2(C(O)C3C=CCCC3)C(=O)OC12C.C[C@@]12OC(=O)[C@]1([C@@H](O)[C@@H]1C=CCCC1)NC(=O)[C@@H]2CCCl. The molecule has 6 rings (SSSR count). The van der Waals surface area contributed by atoms with Gasteiger partial charge in [0.1, 0.15) is 0 Å². The molecule has 4 heterocycles. The van der Waals surface area contributed by atoms with Gasteiger partial charge in [0.25, 0.3) is 0 Å². The summed E-state index contributed by atoms with van der Waals surface area (Å²) in [7, 11) is 0. The molecular formula is C30H41ClN2O8. The summed E-state index contributed by atoms with van der Waals surface area (Å²) < 4.78 is 10.7. The van der Waals surface area contributed by atoms with Crippen molar-refractivity contribution in [3.05, 3.63) is 24.3 Å². The van der Waals surface area contributed by atoms with Gasteiger partial charge in [0.15, 0.2) is 11.2 Å². The Morgan fingerprint density at radius 3 is 1.66 bits per heavy atom. The fraction of sp³-hybridized carbons (Fsp3) is 0.733. The van der Waals surface area contributed by atoms with Crippen LogP contribution in [-0.2, 0) is 28.7 Å². The maximum absolute atomic E-state index is 12.2. The number of carbonyl (C=O) groups is 4. The highest BCUT2D eigenvalue weighted by Gasteiger charge is 2.80. The fourth-order valence-corrected chi connectivity index (χ4v) is 8.26. The van der Waals surface area contributed by atoms with Crippen molar-refractivity contribution < 1.29 is 38.9 Å². The average Bonchev–Trinajstić information content (AvgIpc) is 3.26. The van der Waals surface area contributed by atoms with Crippen LogP contribution >= 0.6 is 11.6 Å². The highest BCUT2D eigenvalue weighted by atomic mass is 35.5. The molecule has 0 bridgehead atoms. The molecule has 2 amide bonds. The number of allylic oxidation sites excluding steroid dienone is 2. The van der Waals surface area contributed by atoms with Crippen LogP contribution in [0.4, 0.5) is 0 Å². The molecule has 41 heavy (non-hydrogen) atoms. The van der Waals surface area contributed by atoms with Crippen molar-refractivity contribution in [3.8, 4) is 0 Å². The van der Waals surface area contributed by atoms with Gasteiger partial charge in [0, 0.05) is 17.7 Å². The Hall–Kier alpha value is -2.43. The summed E-state index contributed by atoms with van der Waals surface area (Å²) in [6.45, 7) is 5.38. The minimum Gasteiger partial charge on any atom is -0.453 e. The number of carbonyl (C=O) groups excluding carboxylic acids is 4. The van der Waals surface area contributed by atoms with Gasteiger partial charge < -0.3 is 30.3 Å². The summed E-state index contributed by atoms with van der Waals surface area (Å²) in [6.07, 6.45) is 12.6. The summed E-state index contributed by atoms with van der Waals surface area (Å²) in [6, 6.07) is 0. The normalized spacial score (nSPS) is 43.6.